The van der Waals surface area contributed by atoms with Gasteiger partial charge in [-0.25, -0.2) is 0 Å². The molecule has 0 N–H and O–H groups in total. The number of aromatic nitrogens is 2. The fourth-order valence-corrected chi connectivity index (χ4v) is 4.99. The third-order valence-corrected chi connectivity index (χ3v) is 5.78. The van der Waals surface area contributed by atoms with Crippen molar-refractivity contribution in [2.45, 2.75) is 71.1 Å². The molecule has 25 heavy (non-hydrogen) atoms. The Morgan fingerprint density at radius 1 is 0.840 bits per heavy atom. The Labute approximate surface area is 150 Å². The summed E-state index contributed by atoms with van der Waals surface area (Å²) in [6.07, 6.45) is 1.11. The van der Waals surface area contributed by atoms with Gasteiger partial charge in [0.1, 0.15) is 5.52 Å². The first-order valence-corrected chi connectivity index (χ1v) is 9.26. The van der Waals surface area contributed by atoms with E-state index in [1.54, 1.807) is 0 Å². The van der Waals surface area contributed by atoms with Crippen molar-refractivity contribution >= 4 is 21.7 Å². The maximum absolute atomic E-state index is 4.73. The van der Waals surface area contributed by atoms with E-state index in [2.05, 4.69) is 78.8 Å². The van der Waals surface area contributed by atoms with E-state index < -0.39 is 0 Å². The average molecular weight is 332 g/mol. The fraction of sp³-hybridized carbons (Fsp3) is 0.478. The lowest BCUT2D eigenvalue weighted by atomic mass is 9.79. The molecule has 0 unspecified atom stereocenters. The van der Waals surface area contributed by atoms with E-state index >= 15 is 0 Å². The van der Waals surface area contributed by atoms with Gasteiger partial charge in [-0.15, -0.1) is 5.10 Å². The first-order chi connectivity index (χ1) is 11.5. The molecule has 0 radical (unpaired) electrons. The molecule has 1 aliphatic carbocycles. The van der Waals surface area contributed by atoms with E-state index in [1.807, 2.05) is 0 Å². The Kier molecular flexibility index (Phi) is 3.18. The lowest BCUT2D eigenvalue weighted by Crippen LogP contribution is -2.18. The van der Waals surface area contributed by atoms with Crippen LogP contribution in [0.4, 0.5) is 0 Å². The zero-order valence-corrected chi connectivity index (χ0v) is 16.5. The number of hydrogen-bond donors (Lipinski definition) is 0. The van der Waals surface area contributed by atoms with Gasteiger partial charge in [-0.3, -0.25) is 0 Å². The minimum absolute atomic E-state index is 0.0769. The van der Waals surface area contributed by atoms with Crippen LogP contribution in [0.25, 0.3) is 21.7 Å². The summed E-state index contributed by atoms with van der Waals surface area (Å²) in [6, 6.07) is 11.0. The average Bonchev–Trinajstić information content (AvgIpc) is 2.70. The van der Waals surface area contributed by atoms with Gasteiger partial charge in [-0.2, -0.15) is 5.10 Å². The van der Waals surface area contributed by atoms with Crippen LogP contribution in [0, 0.1) is 0 Å². The smallest absolute Gasteiger partial charge is 0.101 e. The normalized spacial score (nSPS) is 18.7. The van der Waals surface area contributed by atoms with Crippen LogP contribution < -0.4 is 0 Å². The quantitative estimate of drug-likeness (QED) is 0.469. The Bertz CT molecular complexity index is 1000. The summed E-state index contributed by atoms with van der Waals surface area (Å²) in [6.45, 7) is 16.2. The number of hydrogen-bond acceptors (Lipinski definition) is 2. The summed E-state index contributed by atoms with van der Waals surface area (Å²) in [4.78, 5) is 0. The van der Waals surface area contributed by atoms with E-state index in [0.29, 0.717) is 0 Å². The van der Waals surface area contributed by atoms with Crippen molar-refractivity contribution in [1.82, 2.24) is 10.2 Å². The number of benzene rings is 2. The molecule has 1 aliphatic rings. The Morgan fingerprint density at radius 3 is 2.12 bits per heavy atom. The molecule has 130 valence electrons. The van der Waals surface area contributed by atoms with Crippen LogP contribution in [0.15, 0.2) is 30.3 Å². The van der Waals surface area contributed by atoms with E-state index in [9.17, 15) is 0 Å². The van der Waals surface area contributed by atoms with Crippen molar-refractivity contribution in [3.05, 3.63) is 47.2 Å². The fourth-order valence-electron chi connectivity index (χ4n) is 4.99. The molecule has 0 saturated heterocycles. The molecule has 0 saturated carbocycles. The van der Waals surface area contributed by atoms with Crippen LogP contribution >= 0.6 is 0 Å². The highest BCUT2D eigenvalue weighted by atomic mass is 15.1. The van der Waals surface area contributed by atoms with Gasteiger partial charge in [-0.1, -0.05) is 72.7 Å². The Morgan fingerprint density at radius 2 is 1.48 bits per heavy atom. The highest BCUT2D eigenvalue weighted by molar-refractivity contribution is 6.08. The molecule has 0 amide bonds. The van der Waals surface area contributed by atoms with E-state index in [-0.39, 0.29) is 16.2 Å². The molecule has 0 spiro atoms. The molecule has 1 heterocycles. The third kappa shape index (κ3) is 2.30. The molecule has 4 rings (SSSR count). The zero-order chi connectivity index (χ0) is 18.2. The predicted molar refractivity (Wildman–Crippen MR) is 106 cm³/mol. The molecule has 1 aromatic heterocycles. The Hall–Kier alpha value is -1.96. The highest BCUT2D eigenvalue weighted by Crippen LogP contribution is 2.51. The second kappa shape index (κ2) is 4.81. The summed E-state index contributed by atoms with van der Waals surface area (Å²) in [5.74, 6) is 0. The molecule has 2 aromatic carbocycles. The van der Waals surface area contributed by atoms with E-state index in [0.717, 1.165) is 11.9 Å². The topological polar surface area (TPSA) is 25.8 Å². The molecule has 0 bridgehead atoms. The molecule has 0 atom stereocenters. The summed E-state index contributed by atoms with van der Waals surface area (Å²) >= 11 is 0. The summed E-state index contributed by atoms with van der Waals surface area (Å²) < 4.78 is 0. The number of nitrogens with zero attached hydrogens (tertiary/aromatic N) is 2. The molecule has 2 heteroatoms. The maximum Gasteiger partial charge on any atom is 0.101 e. The molecule has 0 aliphatic heterocycles. The lowest BCUT2D eigenvalue weighted by molar-refractivity contribution is 0.399. The van der Waals surface area contributed by atoms with Gasteiger partial charge >= 0.3 is 0 Å². The van der Waals surface area contributed by atoms with E-state index in [1.165, 1.54) is 33.0 Å². The SMILES string of the molecule is CC(C)(C)c1cc2c3c(nnc2c2ccccc12)C(C)(C)CC3(C)C. The molecule has 0 fully saturated rings. The van der Waals surface area contributed by atoms with Crippen molar-refractivity contribution < 1.29 is 0 Å². The second-order valence-electron chi connectivity index (χ2n) is 9.98. The Balaban J connectivity index is 2.24. The van der Waals surface area contributed by atoms with Crippen molar-refractivity contribution in [2.75, 3.05) is 0 Å². The second-order valence-corrected chi connectivity index (χ2v) is 9.98. The van der Waals surface area contributed by atoms with Gasteiger partial charge in [0.2, 0.25) is 0 Å². The molecule has 3 aromatic rings. The standard InChI is InChI=1S/C23H28N2/c1-21(2,3)17-12-16-18-20(23(6,7)13-22(18,4)5)25-24-19(16)15-11-9-8-10-14(15)17/h8-12H,13H2,1-7H3. The van der Waals surface area contributed by atoms with Gasteiger partial charge in [-0.05, 0) is 39.8 Å². The minimum atomic E-state index is 0.0769. The zero-order valence-electron chi connectivity index (χ0n) is 16.5. The van der Waals surface area contributed by atoms with Gasteiger partial charge < -0.3 is 0 Å². The van der Waals surface area contributed by atoms with Gasteiger partial charge in [0.25, 0.3) is 0 Å². The van der Waals surface area contributed by atoms with Crippen LogP contribution in [0.1, 0.15) is 71.7 Å². The van der Waals surface area contributed by atoms with Gasteiger partial charge in [0.15, 0.2) is 0 Å². The minimum Gasteiger partial charge on any atom is -0.154 e. The summed E-state index contributed by atoms with van der Waals surface area (Å²) in [7, 11) is 0. The predicted octanol–water partition coefficient (Wildman–Crippen LogP) is 6.04. The number of rotatable bonds is 0. The summed E-state index contributed by atoms with van der Waals surface area (Å²) in [5.41, 5.74) is 5.30. The van der Waals surface area contributed by atoms with Crippen LogP contribution in [-0.2, 0) is 16.2 Å². The molecular formula is C23H28N2. The van der Waals surface area contributed by atoms with Crippen molar-refractivity contribution in [3.63, 3.8) is 0 Å². The van der Waals surface area contributed by atoms with Crippen molar-refractivity contribution in [2.24, 2.45) is 0 Å². The van der Waals surface area contributed by atoms with Crippen LogP contribution in [0.3, 0.4) is 0 Å². The number of fused-ring (bicyclic) bond motifs is 5. The monoisotopic (exact) mass is 332 g/mol. The van der Waals surface area contributed by atoms with Crippen LogP contribution in [0.5, 0.6) is 0 Å². The van der Waals surface area contributed by atoms with Crippen molar-refractivity contribution in [3.8, 4) is 0 Å². The van der Waals surface area contributed by atoms with E-state index in [4.69, 9.17) is 10.2 Å². The van der Waals surface area contributed by atoms with Gasteiger partial charge in [0.05, 0.1) is 5.69 Å². The molecular weight excluding hydrogens is 304 g/mol. The first-order valence-electron chi connectivity index (χ1n) is 9.26. The van der Waals surface area contributed by atoms with Crippen molar-refractivity contribution in [1.29, 1.82) is 0 Å². The summed E-state index contributed by atoms with van der Waals surface area (Å²) in [5, 5.41) is 13.3. The third-order valence-electron chi connectivity index (χ3n) is 5.78. The lowest BCUT2D eigenvalue weighted by Gasteiger charge is -2.25. The maximum atomic E-state index is 4.73. The first kappa shape index (κ1) is 16.5. The van der Waals surface area contributed by atoms with Gasteiger partial charge in [0, 0.05) is 16.2 Å². The largest absolute Gasteiger partial charge is 0.154 e. The van der Waals surface area contributed by atoms with Crippen LogP contribution in [0.2, 0.25) is 0 Å². The van der Waals surface area contributed by atoms with Crippen LogP contribution in [-0.4, -0.2) is 10.2 Å². The highest BCUT2D eigenvalue weighted by Gasteiger charge is 2.45. The molecule has 2 nitrogen and oxygen atoms in total.